The number of hydrogen-bond acceptors (Lipinski definition) is 3. The topological polar surface area (TPSA) is 35.5 Å². The fraction of sp³-hybridized carbons (Fsp3) is 1.00. The maximum absolute atomic E-state index is 9.01. The predicted octanol–water partition coefficient (Wildman–Crippen LogP) is 2.00. The summed E-state index contributed by atoms with van der Waals surface area (Å²) < 4.78 is 0. The maximum atomic E-state index is 9.01. The Morgan fingerprint density at radius 1 is 1.28 bits per heavy atom. The molecule has 1 heterocycles. The van der Waals surface area contributed by atoms with E-state index in [0.717, 1.165) is 18.4 Å². The van der Waals surface area contributed by atoms with Gasteiger partial charge in [0.1, 0.15) is 0 Å². The van der Waals surface area contributed by atoms with E-state index in [4.69, 9.17) is 5.11 Å². The minimum absolute atomic E-state index is 0.348. The second kappa shape index (κ2) is 6.88. The minimum atomic E-state index is 0.348. The van der Waals surface area contributed by atoms with Crippen molar-refractivity contribution in [2.75, 3.05) is 19.7 Å². The number of hydrogen-bond donors (Lipinski definition) is 2. The zero-order valence-corrected chi connectivity index (χ0v) is 12.1. The van der Waals surface area contributed by atoms with Gasteiger partial charge in [0, 0.05) is 37.8 Å². The van der Waals surface area contributed by atoms with Crippen molar-refractivity contribution in [3.05, 3.63) is 0 Å². The van der Waals surface area contributed by atoms with E-state index in [9.17, 15) is 0 Å². The van der Waals surface area contributed by atoms with Crippen molar-refractivity contribution in [2.45, 2.75) is 70.5 Å². The molecule has 1 aliphatic heterocycles. The van der Waals surface area contributed by atoms with E-state index in [2.05, 4.69) is 24.1 Å². The SMILES string of the molecule is CCC(C)N1CC(CCCO)CC(NC2CC2)C1. The highest BCUT2D eigenvalue weighted by molar-refractivity contribution is 4.91. The van der Waals surface area contributed by atoms with Crippen molar-refractivity contribution in [3.63, 3.8) is 0 Å². The summed E-state index contributed by atoms with van der Waals surface area (Å²) in [4.78, 5) is 2.66. The molecule has 2 aliphatic rings. The first-order chi connectivity index (χ1) is 8.72. The van der Waals surface area contributed by atoms with Crippen molar-refractivity contribution in [2.24, 2.45) is 5.92 Å². The molecule has 106 valence electrons. The van der Waals surface area contributed by atoms with E-state index in [1.165, 1.54) is 45.2 Å². The third kappa shape index (κ3) is 4.22. The van der Waals surface area contributed by atoms with Gasteiger partial charge in [0.05, 0.1) is 0 Å². The maximum Gasteiger partial charge on any atom is 0.0431 e. The van der Waals surface area contributed by atoms with Gasteiger partial charge in [0.2, 0.25) is 0 Å². The lowest BCUT2D eigenvalue weighted by molar-refractivity contribution is 0.0941. The third-order valence-corrected chi connectivity index (χ3v) is 4.60. The van der Waals surface area contributed by atoms with Gasteiger partial charge in [-0.05, 0) is 51.4 Å². The van der Waals surface area contributed by atoms with Gasteiger partial charge in [0.25, 0.3) is 0 Å². The Bertz CT molecular complexity index is 243. The third-order valence-electron chi connectivity index (χ3n) is 4.60. The first-order valence-electron chi connectivity index (χ1n) is 7.83. The van der Waals surface area contributed by atoms with Gasteiger partial charge in [-0.15, -0.1) is 0 Å². The predicted molar refractivity (Wildman–Crippen MR) is 75.7 cm³/mol. The lowest BCUT2D eigenvalue weighted by atomic mass is 9.89. The Labute approximate surface area is 112 Å². The zero-order valence-electron chi connectivity index (χ0n) is 12.1. The van der Waals surface area contributed by atoms with Gasteiger partial charge in [0.15, 0.2) is 0 Å². The molecule has 3 heteroatoms. The molecule has 0 amide bonds. The molecule has 1 saturated heterocycles. The quantitative estimate of drug-likeness (QED) is 0.729. The van der Waals surface area contributed by atoms with E-state index in [-0.39, 0.29) is 0 Å². The molecule has 0 aromatic rings. The van der Waals surface area contributed by atoms with Gasteiger partial charge >= 0.3 is 0 Å². The summed E-state index contributed by atoms with van der Waals surface area (Å²) in [6.45, 7) is 7.44. The number of nitrogens with one attached hydrogen (secondary N) is 1. The van der Waals surface area contributed by atoms with Crippen LogP contribution >= 0.6 is 0 Å². The van der Waals surface area contributed by atoms with E-state index in [1.807, 2.05) is 0 Å². The standard InChI is InChI=1S/C15H30N2O/c1-3-12(2)17-10-13(5-4-8-18)9-15(11-17)16-14-6-7-14/h12-16,18H,3-11H2,1-2H3. The van der Waals surface area contributed by atoms with Gasteiger partial charge in [-0.25, -0.2) is 0 Å². The molecule has 2 fully saturated rings. The number of piperidine rings is 1. The second-order valence-corrected chi connectivity index (χ2v) is 6.32. The normalized spacial score (nSPS) is 31.5. The van der Waals surface area contributed by atoms with E-state index in [1.54, 1.807) is 0 Å². The first kappa shape index (κ1) is 14.3. The highest BCUT2D eigenvalue weighted by atomic mass is 16.2. The van der Waals surface area contributed by atoms with E-state index < -0.39 is 0 Å². The van der Waals surface area contributed by atoms with Crippen molar-refractivity contribution in [1.82, 2.24) is 10.2 Å². The molecule has 2 N–H and O–H groups in total. The van der Waals surface area contributed by atoms with Gasteiger partial charge in [-0.2, -0.15) is 0 Å². The van der Waals surface area contributed by atoms with E-state index >= 15 is 0 Å². The molecule has 0 aromatic carbocycles. The Balaban J connectivity index is 1.86. The summed E-state index contributed by atoms with van der Waals surface area (Å²) >= 11 is 0. The van der Waals surface area contributed by atoms with Crippen molar-refractivity contribution in [1.29, 1.82) is 0 Å². The molecule has 0 radical (unpaired) electrons. The number of aliphatic hydroxyl groups is 1. The number of likely N-dealkylation sites (tertiary alicyclic amines) is 1. The molecular weight excluding hydrogens is 224 g/mol. The Kier molecular flexibility index (Phi) is 5.46. The highest BCUT2D eigenvalue weighted by Crippen LogP contribution is 2.27. The summed E-state index contributed by atoms with van der Waals surface area (Å²) in [6.07, 6.45) is 7.45. The average molecular weight is 254 g/mol. The van der Waals surface area contributed by atoms with Crippen molar-refractivity contribution in [3.8, 4) is 0 Å². The fourth-order valence-electron chi connectivity index (χ4n) is 3.15. The lowest BCUT2D eigenvalue weighted by Crippen LogP contribution is -2.52. The molecule has 3 atom stereocenters. The number of rotatable bonds is 7. The van der Waals surface area contributed by atoms with Crippen LogP contribution in [0.2, 0.25) is 0 Å². The smallest absolute Gasteiger partial charge is 0.0431 e. The van der Waals surface area contributed by atoms with Crippen LogP contribution < -0.4 is 5.32 Å². The molecular formula is C15H30N2O. The molecule has 3 nitrogen and oxygen atoms in total. The summed E-state index contributed by atoms with van der Waals surface area (Å²) in [5.74, 6) is 0.774. The van der Waals surface area contributed by atoms with Crippen LogP contribution in [0.5, 0.6) is 0 Å². The Morgan fingerprint density at radius 3 is 2.67 bits per heavy atom. The van der Waals surface area contributed by atoms with Gasteiger partial charge in [-0.3, -0.25) is 4.90 Å². The highest BCUT2D eigenvalue weighted by Gasteiger charge is 2.32. The van der Waals surface area contributed by atoms with Gasteiger partial charge in [-0.1, -0.05) is 6.92 Å². The van der Waals surface area contributed by atoms with Gasteiger partial charge < -0.3 is 10.4 Å². The summed E-state index contributed by atoms with van der Waals surface area (Å²) in [5, 5.41) is 12.8. The monoisotopic (exact) mass is 254 g/mol. The minimum Gasteiger partial charge on any atom is -0.396 e. The summed E-state index contributed by atoms with van der Waals surface area (Å²) in [5.41, 5.74) is 0. The molecule has 0 bridgehead atoms. The Hall–Kier alpha value is -0.120. The molecule has 0 aromatic heterocycles. The average Bonchev–Trinajstić information content (AvgIpc) is 3.19. The Morgan fingerprint density at radius 2 is 2.06 bits per heavy atom. The summed E-state index contributed by atoms with van der Waals surface area (Å²) in [6, 6.07) is 2.19. The summed E-state index contributed by atoms with van der Waals surface area (Å²) in [7, 11) is 0. The largest absolute Gasteiger partial charge is 0.396 e. The molecule has 0 spiro atoms. The number of nitrogens with zero attached hydrogens (tertiary/aromatic N) is 1. The van der Waals surface area contributed by atoms with Crippen molar-refractivity contribution < 1.29 is 5.11 Å². The molecule has 3 unspecified atom stereocenters. The van der Waals surface area contributed by atoms with Crippen molar-refractivity contribution >= 4 is 0 Å². The van der Waals surface area contributed by atoms with Crippen LogP contribution in [-0.4, -0.2) is 47.8 Å². The lowest BCUT2D eigenvalue weighted by Gasteiger charge is -2.41. The zero-order chi connectivity index (χ0) is 13.0. The molecule has 1 aliphatic carbocycles. The molecule has 2 rings (SSSR count). The van der Waals surface area contributed by atoms with Crippen LogP contribution in [0.1, 0.15) is 52.4 Å². The van der Waals surface area contributed by atoms with Crippen LogP contribution in [0.25, 0.3) is 0 Å². The fourth-order valence-corrected chi connectivity index (χ4v) is 3.15. The van der Waals surface area contributed by atoms with Crippen LogP contribution in [-0.2, 0) is 0 Å². The molecule has 1 saturated carbocycles. The van der Waals surface area contributed by atoms with Crippen LogP contribution in [0.3, 0.4) is 0 Å². The van der Waals surface area contributed by atoms with E-state index in [0.29, 0.717) is 18.7 Å². The van der Waals surface area contributed by atoms with Crippen LogP contribution in [0.15, 0.2) is 0 Å². The molecule has 18 heavy (non-hydrogen) atoms. The van der Waals surface area contributed by atoms with Crippen LogP contribution in [0.4, 0.5) is 0 Å². The van der Waals surface area contributed by atoms with Crippen LogP contribution in [0, 0.1) is 5.92 Å². The number of aliphatic hydroxyl groups excluding tert-OH is 1. The first-order valence-corrected chi connectivity index (χ1v) is 7.83. The second-order valence-electron chi connectivity index (χ2n) is 6.32.